The van der Waals surface area contributed by atoms with E-state index >= 15 is 0 Å². The van der Waals surface area contributed by atoms with Gasteiger partial charge in [-0.15, -0.1) is 11.6 Å². The van der Waals surface area contributed by atoms with E-state index in [1.807, 2.05) is 0 Å². The average Bonchev–Trinajstić information content (AvgIpc) is 2.87. The summed E-state index contributed by atoms with van der Waals surface area (Å²) >= 11 is 5.65. The van der Waals surface area contributed by atoms with Crippen LogP contribution in [0.25, 0.3) is 0 Å². The minimum atomic E-state index is 0.150. The van der Waals surface area contributed by atoms with Gasteiger partial charge in [-0.25, -0.2) is 0 Å². The molecule has 78 valence electrons. The largest absolute Gasteiger partial charge is 0.339 e. The highest BCUT2D eigenvalue weighted by molar-refractivity contribution is 6.16. The van der Waals surface area contributed by atoms with Crippen LogP contribution in [0.1, 0.15) is 50.7 Å². The Balaban J connectivity index is 2.26. The Kier molecular flexibility index (Phi) is 2.77. The molecule has 0 aliphatic heterocycles. The van der Waals surface area contributed by atoms with Crippen LogP contribution in [0, 0.1) is 0 Å². The number of halogens is 1. The molecule has 1 heterocycles. The van der Waals surface area contributed by atoms with Crippen molar-refractivity contribution in [3.63, 3.8) is 0 Å². The molecule has 1 saturated carbocycles. The summed E-state index contributed by atoms with van der Waals surface area (Å²) in [6, 6.07) is 0. The Hall–Kier alpha value is -0.570. The molecular weight excluding hydrogens is 200 g/mol. The number of alkyl halides is 1. The first-order valence-corrected chi connectivity index (χ1v) is 5.73. The van der Waals surface area contributed by atoms with Gasteiger partial charge in [-0.05, 0) is 19.3 Å². The maximum absolute atomic E-state index is 5.65. The van der Waals surface area contributed by atoms with Crippen molar-refractivity contribution < 1.29 is 4.52 Å². The van der Waals surface area contributed by atoms with Gasteiger partial charge in [-0.3, -0.25) is 0 Å². The summed E-state index contributed by atoms with van der Waals surface area (Å²) in [6.45, 7) is 2.19. The fourth-order valence-corrected chi connectivity index (χ4v) is 2.40. The van der Waals surface area contributed by atoms with Gasteiger partial charge in [-0.2, -0.15) is 4.98 Å². The summed E-state index contributed by atoms with van der Waals surface area (Å²) in [7, 11) is 0. The van der Waals surface area contributed by atoms with Crippen LogP contribution in [-0.4, -0.2) is 10.1 Å². The normalized spacial score (nSPS) is 20.1. The molecule has 0 N–H and O–H groups in total. The molecular formula is C10H15ClN2O. The molecule has 0 bridgehead atoms. The molecule has 1 aliphatic carbocycles. The second-order valence-electron chi connectivity index (χ2n) is 3.99. The van der Waals surface area contributed by atoms with Gasteiger partial charge in [0.05, 0.1) is 5.88 Å². The molecule has 1 aromatic heterocycles. The van der Waals surface area contributed by atoms with Crippen LogP contribution in [0.15, 0.2) is 4.52 Å². The Morgan fingerprint density at radius 3 is 2.64 bits per heavy atom. The molecule has 14 heavy (non-hydrogen) atoms. The van der Waals surface area contributed by atoms with Crippen molar-refractivity contribution >= 4 is 11.6 Å². The second-order valence-corrected chi connectivity index (χ2v) is 4.26. The fourth-order valence-electron chi connectivity index (χ4n) is 2.29. The number of nitrogens with zero attached hydrogens (tertiary/aromatic N) is 2. The summed E-state index contributed by atoms with van der Waals surface area (Å²) in [5.74, 6) is 1.75. The van der Waals surface area contributed by atoms with E-state index in [-0.39, 0.29) is 5.41 Å². The monoisotopic (exact) mass is 214 g/mol. The van der Waals surface area contributed by atoms with Crippen molar-refractivity contribution in [2.24, 2.45) is 0 Å². The van der Waals surface area contributed by atoms with Crippen LogP contribution in [-0.2, 0) is 11.3 Å². The lowest BCUT2D eigenvalue weighted by Crippen LogP contribution is -2.21. The number of rotatable bonds is 3. The maximum atomic E-state index is 5.65. The van der Waals surface area contributed by atoms with Crippen molar-refractivity contribution in [1.29, 1.82) is 0 Å². The predicted octanol–water partition coefficient (Wildman–Crippen LogP) is 3.03. The third-order valence-corrected chi connectivity index (χ3v) is 3.52. The first kappa shape index (κ1) is 9.97. The highest BCUT2D eigenvalue weighted by Gasteiger charge is 2.38. The molecule has 0 unspecified atom stereocenters. The van der Waals surface area contributed by atoms with Gasteiger partial charge >= 0.3 is 0 Å². The van der Waals surface area contributed by atoms with Gasteiger partial charge < -0.3 is 4.52 Å². The average molecular weight is 215 g/mol. The number of aromatic nitrogens is 2. The standard InChI is InChI=1S/C10H15ClN2O/c1-2-10(5-3-4-6-10)9-12-8(7-11)13-14-9/h2-7H2,1H3. The Bertz CT molecular complexity index is 305. The van der Waals surface area contributed by atoms with E-state index in [2.05, 4.69) is 17.1 Å². The molecule has 0 amide bonds. The van der Waals surface area contributed by atoms with Crippen molar-refractivity contribution in [3.05, 3.63) is 11.7 Å². The van der Waals surface area contributed by atoms with Crippen LogP contribution >= 0.6 is 11.6 Å². The van der Waals surface area contributed by atoms with Crippen LogP contribution < -0.4 is 0 Å². The molecule has 2 rings (SSSR count). The third-order valence-electron chi connectivity index (χ3n) is 3.28. The van der Waals surface area contributed by atoms with Gasteiger partial charge in [0, 0.05) is 5.41 Å². The van der Waals surface area contributed by atoms with Gasteiger partial charge in [-0.1, -0.05) is 24.9 Å². The molecule has 4 heteroatoms. The van der Waals surface area contributed by atoms with E-state index in [0.717, 1.165) is 12.3 Å². The molecule has 1 aliphatic rings. The summed E-state index contributed by atoms with van der Waals surface area (Å²) in [4.78, 5) is 4.34. The lowest BCUT2D eigenvalue weighted by molar-refractivity contribution is 0.272. The Labute approximate surface area is 88.8 Å². The predicted molar refractivity (Wildman–Crippen MR) is 54.3 cm³/mol. The van der Waals surface area contributed by atoms with Crippen molar-refractivity contribution in [1.82, 2.24) is 10.1 Å². The molecule has 1 fully saturated rings. The van der Waals surface area contributed by atoms with Crippen LogP contribution in [0.2, 0.25) is 0 Å². The van der Waals surface area contributed by atoms with E-state index in [0.29, 0.717) is 11.7 Å². The van der Waals surface area contributed by atoms with Gasteiger partial charge in [0.2, 0.25) is 5.89 Å². The zero-order chi connectivity index (χ0) is 10.0. The molecule has 0 radical (unpaired) electrons. The summed E-state index contributed by atoms with van der Waals surface area (Å²) in [5, 5.41) is 3.85. The van der Waals surface area contributed by atoms with Crippen LogP contribution in [0.3, 0.4) is 0 Å². The molecule has 1 aromatic rings. The van der Waals surface area contributed by atoms with Crippen molar-refractivity contribution in [2.75, 3.05) is 0 Å². The summed E-state index contributed by atoms with van der Waals surface area (Å²) in [6.07, 6.45) is 5.97. The summed E-state index contributed by atoms with van der Waals surface area (Å²) < 4.78 is 5.29. The molecule has 0 aromatic carbocycles. The molecule has 0 spiro atoms. The SMILES string of the molecule is CCC1(c2nc(CCl)no2)CCCC1. The van der Waals surface area contributed by atoms with E-state index < -0.39 is 0 Å². The van der Waals surface area contributed by atoms with Gasteiger partial charge in [0.1, 0.15) is 0 Å². The quantitative estimate of drug-likeness (QED) is 0.726. The molecule has 0 atom stereocenters. The molecule has 3 nitrogen and oxygen atoms in total. The highest BCUT2D eigenvalue weighted by Crippen LogP contribution is 2.42. The minimum Gasteiger partial charge on any atom is -0.339 e. The highest BCUT2D eigenvalue weighted by atomic mass is 35.5. The lowest BCUT2D eigenvalue weighted by Gasteiger charge is -2.21. The van der Waals surface area contributed by atoms with E-state index in [4.69, 9.17) is 16.1 Å². The Morgan fingerprint density at radius 2 is 2.14 bits per heavy atom. The Morgan fingerprint density at radius 1 is 1.43 bits per heavy atom. The van der Waals surface area contributed by atoms with Crippen LogP contribution in [0.4, 0.5) is 0 Å². The first-order chi connectivity index (χ1) is 6.80. The third kappa shape index (κ3) is 1.54. The topological polar surface area (TPSA) is 38.9 Å². The van der Waals surface area contributed by atoms with Crippen molar-refractivity contribution in [3.8, 4) is 0 Å². The van der Waals surface area contributed by atoms with Crippen molar-refractivity contribution in [2.45, 2.75) is 50.3 Å². The maximum Gasteiger partial charge on any atom is 0.232 e. The second kappa shape index (κ2) is 3.89. The zero-order valence-electron chi connectivity index (χ0n) is 8.42. The fraction of sp³-hybridized carbons (Fsp3) is 0.800. The van der Waals surface area contributed by atoms with Gasteiger partial charge in [0.25, 0.3) is 0 Å². The minimum absolute atomic E-state index is 0.150. The van der Waals surface area contributed by atoms with Gasteiger partial charge in [0.15, 0.2) is 5.82 Å². The summed E-state index contributed by atoms with van der Waals surface area (Å²) in [5.41, 5.74) is 0.150. The van der Waals surface area contributed by atoms with E-state index in [1.165, 1.54) is 25.7 Å². The molecule has 0 saturated heterocycles. The lowest BCUT2D eigenvalue weighted by atomic mass is 9.83. The number of hydrogen-bond donors (Lipinski definition) is 0. The smallest absolute Gasteiger partial charge is 0.232 e. The first-order valence-electron chi connectivity index (χ1n) is 5.20. The van der Waals surface area contributed by atoms with Crippen LogP contribution in [0.5, 0.6) is 0 Å². The number of hydrogen-bond acceptors (Lipinski definition) is 3. The zero-order valence-corrected chi connectivity index (χ0v) is 9.18. The van der Waals surface area contributed by atoms with E-state index in [9.17, 15) is 0 Å². The van der Waals surface area contributed by atoms with E-state index in [1.54, 1.807) is 0 Å².